The van der Waals surface area contributed by atoms with E-state index >= 15 is 0 Å². The molecule has 0 unspecified atom stereocenters. The molecule has 0 aliphatic rings. The zero-order chi connectivity index (χ0) is 15.9. The molecular weight excluding hydrogens is 298 g/mol. The SMILES string of the molecule is Cc1ccccc1/C=N\NC(=S)Nc1cccc(C(=O)O)c1. The van der Waals surface area contributed by atoms with E-state index in [1.165, 1.54) is 12.1 Å². The third-order valence-corrected chi connectivity index (χ3v) is 3.12. The average molecular weight is 313 g/mol. The number of anilines is 1. The van der Waals surface area contributed by atoms with Gasteiger partial charge in [-0.1, -0.05) is 30.3 Å². The van der Waals surface area contributed by atoms with Gasteiger partial charge in [0.15, 0.2) is 5.11 Å². The molecular formula is C16H15N3O2S. The normalized spacial score (nSPS) is 10.4. The maximum absolute atomic E-state index is 10.9. The molecule has 0 heterocycles. The smallest absolute Gasteiger partial charge is 0.335 e. The van der Waals surface area contributed by atoms with Crippen LogP contribution in [0, 0.1) is 6.92 Å². The molecule has 2 rings (SSSR count). The van der Waals surface area contributed by atoms with E-state index in [-0.39, 0.29) is 10.7 Å². The van der Waals surface area contributed by atoms with Gasteiger partial charge in [0.1, 0.15) is 0 Å². The van der Waals surface area contributed by atoms with Crippen LogP contribution < -0.4 is 10.7 Å². The molecule has 0 aliphatic heterocycles. The molecule has 0 spiro atoms. The summed E-state index contributed by atoms with van der Waals surface area (Å²) >= 11 is 5.11. The summed E-state index contributed by atoms with van der Waals surface area (Å²) in [7, 11) is 0. The molecule has 0 saturated carbocycles. The molecule has 0 amide bonds. The standard InChI is InChI=1S/C16H15N3O2S/c1-11-5-2-3-6-13(11)10-17-19-16(22)18-14-8-4-7-12(9-14)15(20)21/h2-10H,1H3,(H,20,21)(H2,18,19,22)/b17-10-. The molecule has 0 fully saturated rings. The summed E-state index contributed by atoms with van der Waals surface area (Å²) < 4.78 is 0. The third-order valence-electron chi connectivity index (χ3n) is 2.93. The Kier molecular flexibility index (Phi) is 5.21. The lowest BCUT2D eigenvalue weighted by Gasteiger charge is -2.07. The topological polar surface area (TPSA) is 73.7 Å². The van der Waals surface area contributed by atoms with Gasteiger partial charge in [-0.3, -0.25) is 5.43 Å². The van der Waals surface area contributed by atoms with Gasteiger partial charge in [0.25, 0.3) is 0 Å². The molecule has 3 N–H and O–H groups in total. The van der Waals surface area contributed by atoms with E-state index in [2.05, 4.69) is 15.8 Å². The lowest BCUT2D eigenvalue weighted by atomic mass is 10.1. The molecule has 0 radical (unpaired) electrons. The number of nitrogens with zero attached hydrogens (tertiary/aromatic N) is 1. The zero-order valence-corrected chi connectivity index (χ0v) is 12.7. The van der Waals surface area contributed by atoms with Crippen LogP contribution in [0.15, 0.2) is 53.6 Å². The van der Waals surface area contributed by atoms with Gasteiger partial charge >= 0.3 is 5.97 Å². The van der Waals surface area contributed by atoms with Crippen molar-refractivity contribution in [2.24, 2.45) is 5.10 Å². The van der Waals surface area contributed by atoms with Crippen LogP contribution in [0.2, 0.25) is 0 Å². The van der Waals surface area contributed by atoms with Gasteiger partial charge < -0.3 is 10.4 Å². The van der Waals surface area contributed by atoms with Crippen LogP contribution in [0.1, 0.15) is 21.5 Å². The van der Waals surface area contributed by atoms with Gasteiger partial charge in [-0.15, -0.1) is 0 Å². The predicted octanol–water partition coefficient (Wildman–Crippen LogP) is 3.01. The first kappa shape index (κ1) is 15.7. The van der Waals surface area contributed by atoms with E-state index in [9.17, 15) is 4.79 Å². The van der Waals surface area contributed by atoms with Crippen molar-refractivity contribution in [1.82, 2.24) is 5.43 Å². The molecule has 22 heavy (non-hydrogen) atoms. The van der Waals surface area contributed by atoms with Crippen LogP contribution in [0.3, 0.4) is 0 Å². The number of hydrogen-bond acceptors (Lipinski definition) is 3. The Morgan fingerprint density at radius 2 is 2.00 bits per heavy atom. The quantitative estimate of drug-likeness (QED) is 0.460. The van der Waals surface area contributed by atoms with E-state index in [1.807, 2.05) is 31.2 Å². The van der Waals surface area contributed by atoms with E-state index in [0.717, 1.165) is 11.1 Å². The van der Waals surface area contributed by atoms with E-state index in [1.54, 1.807) is 18.3 Å². The monoisotopic (exact) mass is 313 g/mol. The molecule has 0 aromatic heterocycles. The Morgan fingerprint density at radius 3 is 2.73 bits per heavy atom. The molecule has 0 saturated heterocycles. The fourth-order valence-corrected chi connectivity index (χ4v) is 1.95. The van der Waals surface area contributed by atoms with Gasteiger partial charge in [0.05, 0.1) is 11.8 Å². The van der Waals surface area contributed by atoms with E-state index in [0.29, 0.717) is 5.69 Å². The van der Waals surface area contributed by atoms with Crippen molar-refractivity contribution in [1.29, 1.82) is 0 Å². The molecule has 0 atom stereocenters. The number of rotatable bonds is 4. The average Bonchev–Trinajstić information content (AvgIpc) is 2.49. The van der Waals surface area contributed by atoms with Crippen LogP contribution in [-0.4, -0.2) is 22.4 Å². The van der Waals surface area contributed by atoms with Gasteiger partial charge in [-0.05, 0) is 48.5 Å². The van der Waals surface area contributed by atoms with Crippen LogP contribution in [0.5, 0.6) is 0 Å². The van der Waals surface area contributed by atoms with E-state index in [4.69, 9.17) is 17.3 Å². The van der Waals surface area contributed by atoms with Crippen molar-refractivity contribution in [3.05, 3.63) is 65.2 Å². The predicted molar refractivity (Wildman–Crippen MR) is 91.5 cm³/mol. The van der Waals surface area contributed by atoms with Crippen molar-refractivity contribution >= 4 is 35.2 Å². The number of thiocarbonyl (C=S) groups is 1. The number of aryl methyl sites for hydroxylation is 1. The molecule has 5 nitrogen and oxygen atoms in total. The lowest BCUT2D eigenvalue weighted by Crippen LogP contribution is -2.24. The number of hydrazone groups is 1. The van der Waals surface area contributed by atoms with Crippen molar-refractivity contribution < 1.29 is 9.90 Å². The summed E-state index contributed by atoms with van der Waals surface area (Å²) in [6, 6.07) is 14.2. The Morgan fingerprint density at radius 1 is 1.23 bits per heavy atom. The first-order valence-electron chi connectivity index (χ1n) is 6.55. The summed E-state index contributed by atoms with van der Waals surface area (Å²) in [6.07, 6.45) is 1.68. The minimum Gasteiger partial charge on any atom is -0.478 e. The van der Waals surface area contributed by atoms with Gasteiger partial charge in [0, 0.05) is 5.69 Å². The number of hydrogen-bond donors (Lipinski definition) is 3. The van der Waals surface area contributed by atoms with Crippen molar-refractivity contribution in [2.45, 2.75) is 6.92 Å². The van der Waals surface area contributed by atoms with Crippen molar-refractivity contribution in [2.75, 3.05) is 5.32 Å². The van der Waals surface area contributed by atoms with Crippen molar-refractivity contribution in [3.63, 3.8) is 0 Å². The van der Waals surface area contributed by atoms with Gasteiger partial charge in [-0.2, -0.15) is 5.10 Å². The zero-order valence-electron chi connectivity index (χ0n) is 11.9. The van der Waals surface area contributed by atoms with Crippen LogP contribution in [0.4, 0.5) is 5.69 Å². The Labute approximate surface area is 133 Å². The molecule has 112 valence electrons. The number of carboxylic acids is 1. The van der Waals surface area contributed by atoms with E-state index < -0.39 is 5.97 Å². The summed E-state index contributed by atoms with van der Waals surface area (Å²) in [5, 5.41) is 16.2. The summed E-state index contributed by atoms with van der Waals surface area (Å²) in [5.74, 6) is -0.986. The maximum atomic E-state index is 10.9. The summed E-state index contributed by atoms with van der Waals surface area (Å²) in [5.41, 5.74) is 5.58. The number of nitrogens with one attached hydrogen (secondary N) is 2. The minimum atomic E-state index is -0.986. The number of carbonyl (C=O) groups is 1. The number of aromatic carboxylic acids is 1. The highest BCUT2D eigenvalue weighted by Crippen LogP contribution is 2.10. The number of benzene rings is 2. The van der Waals surface area contributed by atoms with Gasteiger partial charge in [-0.25, -0.2) is 4.79 Å². The largest absolute Gasteiger partial charge is 0.478 e. The van der Waals surface area contributed by atoms with Crippen LogP contribution in [-0.2, 0) is 0 Å². The second-order valence-corrected chi connectivity index (χ2v) is 4.97. The maximum Gasteiger partial charge on any atom is 0.335 e. The number of carboxylic acid groups (broad SMARTS) is 1. The molecule has 2 aromatic carbocycles. The fourth-order valence-electron chi connectivity index (χ4n) is 1.78. The summed E-state index contributed by atoms with van der Waals surface area (Å²) in [6.45, 7) is 2.00. The second-order valence-electron chi connectivity index (χ2n) is 4.57. The molecule has 0 bridgehead atoms. The molecule has 2 aromatic rings. The Hall–Kier alpha value is -2.73. The first-order chi connectivity index (χ1) is 10.6. The first-order valence-corrected chi connectivity index (χ1v) is 6.96. The second kappa shape index (κ2) is 7.33. The Balaban J connectivity index is 1.95. The molecule has 6 heteroatoms. The van der Waals surface area contributed by atoms with Crippen LogP contribution in [0.25, 0.3) is 0 Å². The van der Waals surface area contributed by atoms with Crippen LogP contribution >= 0.6 is 12.2 Å². The highest BCUT2D eigenvalue weighted by atomic mass is 32.1. The Bertz CT molecular complexity index is 729. The minimum absolute atomic E-state index is 0.191. The van der Waals surface area contributed by atoms with Crippen molar-refractivity contribution in [3.8, 4) is 0 Å². The highest BCUT2D eigenvalue weighted by molar-refractivity contribution is 7.80. The van der Waals surface area contributed by atoms with Gasteiger partial charge in [0.2, 0.25) is 0 Å². The summed E-state index contributed by atoms with van der Waals surface area (Å²) in [4.78, 5) is 10.9. The lowest BCUT2D eigenvalue weighted by molar-refractivity contribution is 0.0697. The highest BCUT2D eigenvalue weighted by Gasteiger charge is 2.03. The fraction of sp³-hybridized carbons (Fsp3) is 0.0625. The molecule has 0 aliphatic carbocycles. The third kappa shape index (κ3) is 4.39.